The lowest BCUT2D eigenvalue weighted by molar-refractivity contribution is 1.21. The van der Waals surface area contributed by atoms with E-state index in [4.69, 9.17) is 5.73 Å². The summed E-state index contributed by atoms with van der Waals surface area (Å²) >= 11 is 0. The number of hydrogen-bond acceptors (Lipinski definition) is 2. The molecule has 0 spiro atoms. The SMILES string of the molecule is Cc1ncccc1N.I. The number of nitrogen functional groups attached to an aromatic ring is 1. The molecular formula is C6H9IN2. The van der Waals surface area contributed by atoms with Crippen molar-refractivity contribution in [1.29, 1.82) is 0 Å². The van der Waals surface area contributed by atoms with E-state index >= 15 is 0 Å². The van der Waals surface area contributed by atoms with Crippen LogP contribution in [0, 0.1) is 6.92 Å². The fourth-order valence-corrected chi connectivity index (χ4v) is 0.497. The zero-order chi connectivity index (χ0) is 5.98. The number of rotatable bonds is 0. The molecule has 1 heterocycles. The molecule has 0 atom stereocenters. The number of nitrogens with zero attached hydrogens (tertiary/aromatic N) is 1. The van der Waals surface area contributed by atoms with Crippen LogP contribution in [0.4, 0.5) is 5.69 Å². The quantitative estimate of drug-likeness (QED) is 0.694. The van der Waals surface area contributed by atoms with Gasteiger partial charge in [0.05, 0.1) is 11.4 Å². The molecule has 1 aromatic heterocycles. The highest BCUT2D eigenvalue weighted by Gasteiger charge is 1.86. The molecule has 9 heavy (non-hydrogen) atoms. The summed E-state index contributed by atoms with van der Waals surface area (Å²) in [6.07, 6.45) is 1.73. The summed E-state index contributed by atoms with van der Waals surface area (Å²) in [7, 11) is 0. The van der Waals surface area contributed by atoms with Crippen LogP contribution in [-0.2, 0) is 0 Å². The van der Waals surface area contributed by atoms with Crippen molar-refractivity contribution in [2.75, 3.05) is 5.73 Å². The Balaban J connectivity index is 0.000000640. The Morgan fingerprint density at radius 3 is 2.56 bits per heavy atom. The van der Waals surface area contributed by atoms with Crippen LogP contribution in [-0.4, -0.2) is 4.98 Å². The smallest absolute Gasteiger partial charge is 0.0601 e. The van der Waals surface area contributed by atoms with Gasteiger partial charge >= 0.3 is 0 Å². The summed E-state index contributed by atoms with van der Waals surface area (Å²) < 4.78 is 0. The summed E-state index contributed by atoms with van der Waals surface area (Å²) in [5.74, 6) is 0. The molecule has 0 unspecified atom stereocenters. The molecular weight excluding hydrogens is 227 g/mol. The highest BCUT2D eigenvalue weighted by atomic mass is 127. The van der Waals surface area contributed by atoms with E-state index in [9.17, 15) is 0 Å². The highest BCUT2D eigenvalue weighted by Crippen LogP contribution is 2.02. The number of anilines is 1. The number of aromatic nitrogens is 1. The van der Waals surface area contributed by atoms with Crippen molar-refractivity contribution in [2.45, 2.75) is 6.92 Å². The van der Waals surface area contributed by atoms with E-state index in [0.29, 0.717) is 0 Å². The summed E-state index contributed by atoms with van der Waals surface area (Å²) in [5.41, 5.74) is 7.11. The maximum atomic E-state index is 5.46. The molecule has 2 N–H and O–H groups in total. The Bertz CT molecular complexity index is 167. The van der Waals surface area contributed by atoms with E-state index in [1.807, 2.05) is 19.1 Å². The third-order valence-corrected chi connectivity index (χ3v) is 1.05. The fraction of sp³-hybridized carbons (Fsp3) is 0.167. The van der Waals surface area contributed by atoms with Crippen molar-refractivity contribution in [2.24, 2.45) is 0 Å². The van der Waals surface area contributed by atoms with Gasteiger partial charge in [0.15, 0.2) is 0 Å². The first-order valence-electron chi connectivity index (χ1n) is 2.48. The van der Waals surface area contributed by atoms with Gasteiger partial charge in [-0.1, -0.05) is 0 Å². The lowest BCUT2D eigenvalue weighted by Crippen LogP contribution is -1.89. The van der Waals surface area contributed by atoms with Gasteiger partial charge in [0, 0.05) is 6.20 Å². The molecule has 3 heteroatoms. The van der Waals surface area contributed by atoms with E-state index in [1.54, 1.807) is 6.20 Å². The number of nitrogens with two attached hydrogens (primary N) is 1. The van der Waals surface area contributed by atoms with E-state index in [-0.39, 0.29) is 24.0 Å². The van der Waals surface area contributed by atoms with Crippen LogP contribution in [0.25, 0.3) is 0 Å². The first kappa shape index (κ1) is 8.68. The molecule has 0 fully saturated rings. The number of hydrogen-bond donors (Lipinski definition) is 1. The third-order valence-electron chi connectivity index (χ3n) is 1.05. The minimum atomic E-state index is 0. The maximum Gasteiger partial charge on any atom is 0.0601 e. The molecule has 1 rings (SSSR count). The lowest BCUT2D eigenvalue weighted by Gasteiger charge is -1.92. The van der Waals surface area contributed by atoms with E-state index < -0.39 is 0 Å². The number of pyridine rings is 1. The van der Waals surface area contributed by atoms with Crippen LogP contribution >= 0.6 is 24.0 Å². The van der Waals surface area contributed by atoms with Crippen LogP contribution in [0.1, 0.15) is 5.69 Å². The average molecular weight is 236 g/mol. The van der Waals surface area contributed by atoms with Crippen LogP contribution in [0.15, 0.2) is 18.3 Å². The topological polar surface area (TPSA) is 38.9 Å². The van der Waals surface area contributed by atoms with E-state index in [1.165, 1.54) is 0 Å². The van der Waals surface area contributed by atoms with Gasteiger partial charge < -0.3 is 5.73 Å². The molecule has 0 amide bonds. The van der Waals surface area contributed by atoms with Gasteiger partial charge in [0.2, 0.25) is 0 Å². The van der Waals surface area contributed by atoms with E-state index in [2.05, 4.69) is 4.98 Å². The monoisotopic (exact) mass is 236 g/mol. The number of halogens is 1. The second-order valence-electron chi connectivity index (χ2n) is 1.68. The van der Waals surface area contributed by atoms with Gasteiger partial charge in [-0.05, 0) is 19.1 Å². The molecule has 0 saturated carbocycles. The molecule has 0 radical (unpaired) electrons. The van der Waals surface area contributed by atoms with Gasteiger partial charge in [-0.25, -0.2) is 0 Å². The molecule has 2 nitrogen and oxygen atoms in total. The predicted molar refractivity (Wildman–Crippen MR) is 48.8 cm³/mol. The van der Waals surface area contributed by atoms with Crippen molar-refractivity contribution >= 4 is 29.7 Å². The molecule has 0 saturated heterocycles. The van der Waals surface area contributed by atoms with Gasteiger partial charge in [0.1, 0.15) is 0 Å². The second kappa shape index (κ2) is 3.66. The van der Waals surface area contributed by atoms with Crippen molar-refractivity contribution < 1.29 is 0 Å². The van der Waals surface area contributed by atoms with Crippen molar-refractivity contribution in [3.8, 4) is 0 Å². The van der Waals surface area contributed by atoms with Crippen LogP contribution < -0.4 is 5.73 Å². The normalized spacial score (nSPS) is 8.11. The summed E-state index contributed by atoms with van der Waals surface area (Å²) in [6.45, 7) is 1.88. The second-order valence-corrected chi connectivity index (χ2v) is 1.68. The minimum absolute atomic E-state index is 0. The van der Waals surface area contributed by atoms with Gasteiger partial charge in [-0.3, -0.25) is 4.98 Å². The van der Waals surface area contributed by atoms with Crippen LogP contribution in [0.5, 0.6) is 0 Å². The molecule has 0 aliphatic carbocycles. The summed E-state index contributed by atoms with van der Waals surface area (Å²) in [6, 6.07) is 3.66. The fourth-order valence-electron chi connectivity index (χ4n) is 0.497. The first-order chi connectivity index (χ1) is 3.80. The maximum absolute atomic E-state index is 5.46. The Labute approximate surface area is 71.5 Å². The Morgan fingerprint density at radius 1 is 1.56 bits per heavy atom. The molecule has 0 aliphatic rings. The summed E-state index contributed by atoms with van der Waals surface area (Å²) in [4.78, 5) is 3.95. The largest absolute Gasteiger partial charge is 0.397 e. The zero-order valence-electron chi connectivity index (χ0n) is 5.16. The predicted octanol–water partition coefficient (Wildman–Crippen LogP) is 1.59. The standard InChI is InChI=1S/C6H8N2.HI/c1-5-6(7)3-2-4-8-5;/h2-4H,7H2,1H3;1H. The molecule has 0 aliphatic heterocycles. The minimum Gasteiger partial charge on any atom is -0.397 e. The van der Waals surface area contributed by atoms with Gasteiger partial charge in [-0.15, -0.1) is 24.0 Å². The van der Waals surface area contributed by atoms with Crippen molar-refractivity contribution in [3.63, 3.8) is 0 Å². The van der Waals surface area contributed by atoms with Crippen molar-refractivity contribution in [3.05, 3.63) is 24.0 Å². The van der Waals surface area contributed by atoms with Crippen LogP contribution in [0.3, 0.4) is 0 Å². The molecule has 0 aromatic carbocycles. The third kappa shape index (κ3) is 2.17. The van der Waals surface area contributed by atoms with Crippen molar-refractivity contribution in [1.82, 2.24) is 4.98 Å². The Morgan fingerprint density at radius 2 is 2.22 bits per heavy atom. The molecule has 1 aromatic rings. The molecule has 50 valence electrons. The van der Waals surface area contributed by atoms with Gasteiger partial charge in [-0.2, -0.15) is 0 Å². The Hall–Kier alpha value is -0.320. The Kier molecular flexibility index (Phi) is 3.53. The van der Waals surface area contributed by atoms with Crippen LogP contribution in [0.2, 0.25) is 0 Å². The summed E-state index contributed by atoms with van der Waals surface area (Å²) in [5, 5.41) is 0. The average Bonchev–Trinajstić information content (AvgIpc) is 1.77. The zero-order valence-corrected chi connectivity index (χ0v) is 7.50. The number of aryl methyl sites for hydroxylation is 1. The highest BCUT2D eigenvalue weighted by molar-refractivity contribution is 14.0. The van der Waals surface area contributed by atoms with Gasteiger partial charge in [0.25, 0.3) is 0 Å². The molecule has 0 bridgehead atoms. The first-order valence-corrected chi connectivity index (χ1v) is 2.48. The van der Waals surface area contributed by atoms with E-state index in [0.717, 1.165) is 11.4 Å². The lowest BCUT2D eigenvalue weighted by atomic mass is 10.3.